The summed E-state index contributed by atoms with van der Waals surface area (Å²) in [5.74, 6) is 0.269. The fourth-order valence-corrected chi connectivity index (χ4v) is 3.22. The summed E-state index contributed by atoms with van der Waals surface area (Å²) in [4.78, 5) is 12.7. The number of hydrogen-bond acceptors (Lipinski definition) is 3. The van der Waals surface area contributed by atoms with Crippen molar-refractivity contribution in [2.45, 2.75) is 5.25 Å². The molecule has 2 rings (SSSR count). The van der Waals surface area contributed by atoms with Gasteiger partial charge in [0.2, 0.25) is 0 Å². The molecular formula is C12H15NO2S. The van der Waals surface area contributed by atoms with Crippen LogP contribution in [-0.4, -0.2) is 41.4 Å². The Hall–Kier alpha value is -1.00. The van der Waals surface area contributed by atoms with Gasteiger partial charge in [-0.25, -0.2) is 0 Å². The Morgan fingerprint density at radius 1 is 1.44 bits per heavy atom. The van der Waals surface area contributed by atoms with Crippen LogP contribution in [0, 0.1) is 0 Å². The van der Waals surface area contributed by atoms with Crippen LogP contribution >= 0.6 is 11.8 Å². The van der Waals surface area contributed by atoms with Gasteiger partial charge < -0.3 is 5.11 Å². The number of aliphatic carboxylic acids is 1. The van der Waals surface area contributed by atoms with Gasteiger partial charge in [0.05, 0.1) is 6.54 Å². The number of thioether (sulfide) groups is 1. The Balaban J connectivity index is 1.99. The Bertz CT molecular complexity index is 355. The summed E-state index contributed by atoms with van der Waals surface area (Å²) in [7, 11) is 0. The molecule has 1 heterocycles. The smallest absolute Gasteiger partial charge is 0.317 e. The highest BCUT2D eigenvalue weighted by molar-refractivity contribution is 7.99. The summed E-state index contributed by atoms with van der Waals surface area (Å²) in [6.07, 6.45) is 0. The Morgan fingerprint density at radius 2 is 2.19 bits per heavy atom. The second-order valence-corrected chi connectivity index (χ2v) is 5.21. The molecule has 1 aliphatic heterocycles. The van der Waals surface area contributed by atoms with Crippen molar-refractivity contribution in [3.05, 3.63) is 35.9 Å². The lowest BCUT2D eigenvalue weighted by molar-refractivity contribution is -0.138. The van der Waals surface area contributed by atoms with Crippen LogP contribution in [-0.2, 0) is 4.79 Å². The Morgan fingerprint density at radius 3 is 2.88 bits per heavy atom. The molecule has 3 nitrogen and oxygen atoms in total. The minimum Gasteiger partial charge on any atom is -0.480 e. The molecule has 1 atom stereocenters. The van der Waals surface area contributed by atoms with Crippen molar-refractivity contribution in [3.63, 3.8) is 0 Å². The SMILES string of the molecule is O=C(O)CN1CCSC(c2ccccc2)C1. The first-order valence-electron chi connectivity index (χ1n) is 5.36. The van der Waals surface area contributed by atoms with E-state index >= 15 is 0 Å². The van der Waals surface area contributed by atoms with Crippen LogP contribution in [0.5, 0.6) is 0 Å². The fourth-order valence-electron chi connectivity index (χ4n) is 1.91. The van der Waals surface area contributed by atoms with Gasteiger partial charge in [-0.1, -0.05) is 30.3 Å². The molecule has 1 N–H and O–H groups in total. The number of rotatable bonds is 3. The number of carboxylic acid groups (broad SMARTS) is 1. The maximum atomic E-state index is 10.7. The van der Waals surface area contributed by atoms with Crippen molar-refractivity contribution < 1.29 is 9.90 Å². The number of carbonyl (C=O) groups is 1. The van der Waals surface area contributed by atoms with E-state index in [2.05, 4.69) is 12.1 Å². The van der Waals surface area contributed by atoms with Gasteiger partial charge in [0, 0.05) is 24.1 Å². The molecule has 0 bridgehead atoms. The lowest BCUT2D eigenvalue weighted by atomic mass is 10.1. The van der Waals surface area contributed by atoms with Crippen LogP contribution in [0.1, 0.15) is 10.8 Å². The quantitative estimate of drug-likeness (QED) is 0.871. The largest absolute Gasteiger partial charge is 0.480 e. The third-order valence-corrected chi connectivity index (χ3v) is 3.92. The summed E-state index contributed by atoms with van der Waals surface area (Å²) in [5, 5.41) is 9.19. The van der Waals surface area contributed by atoms with E-state index in [4.69, 9.17) is 5.11 Å². The normalized spacial score (nSPS) is 21.9. The topological polar surface area (TPSA) is 40.5 Å². The zero-order valence-corrected chi connectivity index (χ0v) is 9.82. The predicted molar refractivity (Wildman–Crippen MR) is 65.7 cm³/mol. The van der Waals surface area contributed by atoms with Gasteiger partial charge in [0.25, 0.3) is 0 Å². The van der Waals surface area contributed by atoms with Gasteiger partial charge in [-0.15, -0.1) is 0 Å². The average Bonchev–Trinajstić information content (AvgIpc) is 2.30. The molecule has 0 aromatic heterocycles. The summed E-state index contributed by atoms with van der Waals surface area (Å²) in [6.45, 7) is 1.87. The molecule has 0 aliphatic carbocycles. The van der Waals surface area contributed by atoms with Crippen LogP contribution < -0.4 is 0 Å². The zero-order valence-electron chi connectivity index (χ0n) is 9.00. The molecule has 1 fully saturated rings. The Kier molecular flexibility index (Phi) is 3.85. The van der Waals surface area contributed by atoms with Crippen molar-refractivity contribution >= 4 is 17.7 Å². The molecule has 1 aromatic rings. The van der Waals surface area contributed by atoms with Crippen molar-refractivity contribution in [1.82, 2.24) is 4.90 Å². The first-order valence-corrected chi connectivity index (χ1v) is 6.41. The van der Waals surface area contributed by atoms with E-state index in [1.54, 1.807) is 0 Å². The van der Waals surface area contributed by atoms with Crippen molar-refractivity contribution in [2.24, 2.45) is 0 Å². The highest BCUT2D eigenvalue weighted by Crippen LogP contribution is 2.32. The average molecular weight is 237 g/mol. The number of nitrogens with zero attached hydrogens (tertiary/aromatic N) is 1. The standard InChI is InChI=1S/C12H15NO2S/c14-12(15)9-13-6-7-16-11(8-13)10-4-2-1-3-5-10/h1-5,11H,6-9H2,(H,14,15). The van der Waals surface area contributed by atoms with E-state index in [0.29, 0.717) is 5.25 Å². The minimum absolute atomic E-state index is 0.157. The van der Waals surface area contributed by atoms with Crippen molar-refractivity contribution in [2.75, 3.05) is 25.4 Å². The van der Waals surface area contributed by atoms with E-state index in [9.17, 15) is 4.79 Å². The van der Waals surface area contributed by atoms with Crippen LogP contribution in [0.25, 0.3) is 0 Å². The third-order valence-electron chi connectivity index (χ3n) is 2.68. The molecule has 16 heavy (non-hydrogen) atoms. The monoisotopic (exact) mass is 237 g/mol. The minimum atomic E-state index is -0.737. The summed E-state index contributed by atoms with van der Waals surface area (Å²) < 4.78 is 0. The van der Waals surface area contributed by atoms with E-state index in [1.807, 2.05) is 34.9 Å². The van der Waals surface area contributed by atoms with Crippen LogP contribution in [0.2, 0.25) is 0 Å². The molecule has 1 unspecified atom stereocenters. The molecule has 1 saturated heterocycles. The van der Waals surface area contributed by atoms with Crippen molar-refractivity contribution in [3.8, 4) is 0 Å². The highest BCUT2D eigenvalue weighted by atomic mass is 32.2. The third kappa shape index (κ3) is 3.00. The second kappa shape index (κ2) is 5.37. The van der Waals surface area contributed by atoms with E-state index in [-0.39, 0.29) is 6.54 Å². The molecule has 0 radical (unpaired) electrons. The van der Waals surface area contributed by atoms with Gasteiger partial charge in [-0.05, 0) is 5.56 Å². The molecule has 0 amide bonds. The maximum absolute atomic E-state index is 10.7. The first-order chi connectivity index (χ1) is 7.75. The van der Waals surface area contributed by atoms with E-state index < -0.39 is 5.97 Å². The lowest BCUT2D eigenvalue weighted by Crippen LogP contribution is -2.37. The summed E-state index contributed by atoms with van der Waals surface area (Å²) >= 11 is 1.91. The maximum Gasteiger partial charge on any atom is 0.317 e. The van der Waals surface area contributed by atoms with Gasteiger partial charge in [0.1, 0.15) is 0 Å². The van der Waals surface area contributed by atoms with Crippen molar-refractivity contribution in [1.29, 1.82) is 0 Å². The Labute approximate surface area is 99.5 Å². The summed E-state index contributed by atoms with van der Waals surface area (Å²) in [6, 6.07) is 10.3. The molecule has 86 valence electrons. The molecule has 0 saturated carbocycles. The summed E-state index contributed by atoms with van der Waals surface area (Å²) in [5.41, 5.74) is 1.29. The molecule has 4 heteroatoms. The molecule has 1 aromatic carbocycles. The fraction of sp³-hybridized carbons (Fsp3) is 0.417. The molecule has 1 aliphatic rings. The van der Waals surface area contributed by atoms with Gasteiger partial charge in [-0.2, -0.15) is 11.8 Å². The number of hydrogen-bond donors (Lipinski definition) is 1. The lowest BCUT2D eigenvalue weighted by Gasteiger charge is -2.31. The van der Waals surface area contributed by atoms with Gasteiger partial charge in [0.15, 0.2) is 0 Å². The highest BCUT2D eigenvalue weighted by Gasteiger charge is 2.22. The number of benzene rings is 1. The van der Waals surface area contributed by atoms with Crippen LogP contribution in [0.4, 0.5) is 0 Å². The number of carboxylic acids is 1. The van der Waals surface area contributed by atoms with Crippen LogP contribution in [0.3, 0.4) is 0 Å². The van der Waals surface area contributed by atoms with Gasteiger partial charge >= 0.3 is 5.97 Å². The second-order valence-electron chi connectivity index (χ2n) is 3.90. The predicted octanol–water partition coefficient (Wildman–Crippen LogP) is 1.86. The van der Waals surface area contributed by atoms with E-state index in [1.165, 1.54) is 5.56 Å². The van der Waals surface area contributed by atoms with E-state index in [0.717, 1.165) is 18.8 Å². The zero-order chi connectivity index (χ0) is 11.4. The van der Waals surface area contributed by atoms with Crippen LogP contribution in [0.15, 0.2) is 30.3 Å². The molecular weight excluding hydrogens is 222 g/mol. The first kappa shape index (κ1) is 11.5. The van der Waals surface area contributed by atoms with Gasteiger partial charge in [-0.3, -0.25) is 9.69 Å². The molecule has 0 spiro atoms.